The van der Waals surface area contributed by atoms with E-state index >= 15 is 0 Å². The van der Waals surface area contributed by atoms with Crippen LogP contribution >= 0.6 is 0 Å². The molecule has 0 saturated carbocycles. The Morgan fingerprint density at radius 3 is 3.12 bits per heavy atom. The van der Waals surface area contributed by atoms with Crippen LogP contribution in [0.5, 0.6) is 0 Å². The summed E-state index contributed by atoms with van der Waals surface area (Å²) in [6.07, 6.45) is 3.55. The molecule has 42 valence electrons. The first kappa shape index (κ1) is 5.13. The first-order valence-corrected chi connectivity index (χ1v) is 2.57. The fourth-order valence-electron chi connectivity index (χ4n) is 0.554. The Bertz CT molecular complexity index is 143. The lowest BCUT2D eigenvalue weighted by molar-refractivity contribution is 0.515. The minimum atomic E-state index is 0.836. The van der Waals surface area contributed by atoms with Crippen LogP contribution < -0.4 is 0 Å². The van der Waals surface area contributed by atoms with Crippen LogP contribution in [0.15, 0.2) is 24.0 Å². The number of aliphatic imine (C=N–C) groups is 1. The lowest BCUT2D eigenvalue weighted by atomic mass is 10.5. The largest absolute Gasteiger partial charge is 0.345 e. The number of hydrogen-bond acceptors (Lipinski definition) is 2. The summed E-state index contributed by atoms with van der Waals surface area (Å²) in [5.74, 6) is 2.74. The highest BCUT2D eigenvalue weighted by Crippen LogP contribution is 1.90. The van der Waals surface area contributed by atoms with Gasteiger partial charge in [-0.1, -0.05) is 6.58 Å². The van der Waals surface area contributed by atoms with Crippen molar-refractivity contribution >= 4 is 5.87 Å². The third kappa shape index (κ3) is 0.983. The van der Waals surface area contributed by atoms with Crippen molar-refractivity contribution in [1.29, 1.82) is 0 Å². The molecule has 0 saturated heterocycles. The first-order chi connectivity index (χ1) is 3.93. The van der Waals surface area contributed by atoms with Gasteiger partial charge in [0.25, 0.3) is 0 Å². The average molecular weight is 108 g/mol. The summed E-state index contributed by atoms with van der Waals surface area (Å²) in [6, 6.07) is 0. The molecule has 0 unspecified atom stereocenters. The van der Waals surface area contributed by atoms with Gasteiger partial charge in [0, 0.05) is 6.54 Å². The van der Waals surface area contributed by atoms with Crippen LogP contribution in [0.4, 0.5) is 0 Å². The molecule has 0 spiro atoms. The van der Waals surface area contributed by atoms with Crippen LogP contribution in [-0.4, -0.2) is 23.9 Å². The number of nitrogens with zero attached hydrogens (tertiary/aromatic N) is 2. The Morgan fingerprint density at radius 1 is 1.88 bits per heavy atom. The van der Waals surface area contributed by atoms with E-state index in [9.17, 15) is 0 Å². The molecule has 1 aliphatic heterocycles. The fraction of sp³-hybridized carbons (Fsp3) is 0.333. The molecule has 1 heterocycles. The summed E-state index contributed by atoms with van der Waals surface area (Å²) < 4.78 is 0. The summed E-state index contributed by atoms with van der Waals surface area (Å²) in [7, 11) is 0. The topological polar surface area (TPSA) is 15.6 Å². The van der Waals surface area contributed by atoms with Crippen LogP contribution in [0.2, 0.25) is 0 Å². The van der Waals surface area contributed by atoms with E-state index in [4.69, 9.17) is 0 Å². The molecule has 0 fully saturated rings. The monoisotopic (exact) mass is 108 g/mol. The summed E-state index contributed by atoms with van der Waals surface area (Å²) in [4.78, 5) is 5.83. The Kier molecular flexibility index (Phi) is 1.50. The van der Waals surface area contributed by atoms with Crippen molar-refractivity contribution in [2.24, 2.45) is 4.99 Å². The van der Waals surface area contributed by atoms with Gasteiger partial charge in [0.05, 0.1) is 12.7 Å². The first-order valence-electron chi connectivity index (χ1n) is 2.57. The SMILES string of the molecule is C=CN1C=C=NCC1. The molecule has 0 aromatic heterocycles. The molecular weight excluding hydrogens is 100 g/mol. The van der Waals surface area contributed by atoms with Gasteiger partial charge in [0.2, 0.25) is 0 Å². The van der Waals surface area contributed by atoms with E-state index < -0.39 is 0 Å². The minimum absolute atomic E-state index is 0.836. The van der Waals surface area contributed by atoms with Gasteiger partial charge in [-0.25, -0.2) is 4.99 Å². The average Bonchev–Trinajstić information content (AvgIpc) is 1.90. The number of rotatable bonds is 1. The molecule has 0 radical (unpaired) electrons. The van der Waals surface area contributed by atoms with E-state index in [2.05, 4.69) is 17.4 Å². The summed E-state index contributed by atoms with van der Waals surface area (Å²) in [6.45, 7) is 5.37. The van der Waals surface area contributed by atoms with Crippen molar-refractivity contribution in [3.63, 3.8) is 0 Å². The van der Waals surface area contributed by atoms with E-state index in [1.54, 1.807) is 12.4 Å². The second kappa shape index (κ2) is 2.34. The smallest absolute Gasteiger partial charge is 0.0664 e. The molecule has 0 amide bonds. The van der Waals surface area contributed by atoms with Gasteiger partial charge >= 0.3 is 0 Å². The lowest BCUT2D eigenvalue weighted by Gasteiger charge is -2.12. The molecule has 0 bridgehead atoms. The van der Waals surface area contributed by atoms with Gasteiger partial charge in [-0.3, -0.25) is 0 Å². The maximum atomic E-state index is 3.88. The molecule has 0 atom stereocenters. The van der Waals surface area contributed by atoms with E-state index in [1.807, 2.05) is 4.90 Å². The van der Waals surface area contributed by atoms with E-state index in [0.29, 0.717) is 0 Å². The van der Waals surface area contributed by atoms with Gasteiger partial charge in [-0.2, -0.15) is 0 Å². The van der Waals surface area contributed by atoms with E-state index in [1.165, 1.54) is 0 Å². The Morgan fingerprint density at radius 2 is 2.75 bits per heavy atom. The van der Waals surface area contributed by atoms with Crippen molar-refractivity contribution < 1.29 is 0 Å². The van der Waals surface area contributed by atoms with Gasteiger partial charge in [0.15, 0.2) is 0 Å². The molecule has 0 N–H and O–H groups in total. The molecule has 2 heteroatoms. The second-order valence-corrected chi connectivity index (χ2v) is 1.56. The molecule has 2 nitrogen and oxygen atoms in total. The second-order valence-electron chi connectivity index (χ2n) is 1.56. The van der Waals surface area contributed by atoms with Crippen LogP contribution in [0.1, 0.15) is 0 Å². The summed E-state index contributed by atoms with van der Waals surface area (Å²) in [5.41, 5.74) is 0. The summed E-state index contributed by atoms with van der Waals surface area (Å²) >= 11 is 0. The quantitative estimate of drug-likeness (QED) is 0.481. The van der Waals surface area contributed by atoms with Crippen LogP contribution in [0.25, 0.3) is 0 Å². The molecular formula is C6H8N2. The number of hydrogen-bond donors (Lipinski definition) is 0. The highest BCUT2D eigenvalue weighted by molar-refractivity contribution is 5.52. The van der Waals surface area contributed by atoms with E-state index in [-0.39, 0.29) is 0 Å². The highest BCUT2D eigenvalue weighted by Gasteiger charge is 1.92. The van der Waals surface area contributed by atoms with Gasteiger partial charge in [0.1, 0.15) is 0 Å². The molecule has 0 aromatic rings. The zero-order valence-electron chi connectivity index (χ0n) is 4.67. The molecule has 1 aliphatic rings. The van der Waals surface area contributed by atoms with Crippen molar-refractivity contribution in [1.82, 2.24) is 4.90 Å². The molecule has 0 aliphatic carbocycles. The molecule has 1 rings (SSSR count). The third-order valence-electron chi connectivity index (χ3n) is 1.02. The van der Waals surface area contributed by atoms with Crippen LogP contribution in [0.3, 0.4) is 0 Å². The normalized spacial score (nSPS) is 16.8. The van der Waals surface area contributed by atoms with Gasteiger partial charge in [-0.15, -0.1) is 0 Å². The Hall–Kier alpha value is -1.01. The maximum Gasteiger partial charge on any atom is 0.0664 e. The van der Waals surface area contributed by atoms with E-state index in [0.717, 1.165) is 13.1 Å². The van der Waals surface area contributed by atoms with Crippen molar-refractivity contribution in [3.8, 4) is 0 Å². The highest BCUT2D eigenvalue weighted by atomic mass is 15.1. The predicted molar refractivity (Wildman–Crippen MR) is 33.8 cm³/mol. The van der Waals surface area contributed by atoms with Crippen LogP contribution in [0, 0.1) is 0 Å². The Balaban J connectivity index is 2.59. The third-order valence-corrected chi connectivity index (χ3v) is 1.02. The van der Waals surface area contributed by atoms with Crippen molar-refractivity contribution in [3.05, 3.63) is 19.0 Å². The van der Waals surface area contributed by atoms with Gasteiger partial charge < -0.3 is 4.90 Å². The fourth-order valence-corrected chi connectivity index (χ4v) is 0.554. The lowest BCUT2D eigenvalue weighted by Crippen LogP contribution is -2.15. The molecule has 0 aromatic carbocycles. The van der Waals surface area contributed by atoms with Gasteiger partial charge in [-0.05, 0) is 12.1 Å². The summed E-state index contributed by atoms with van der Waals surface area (Å²) in [5, 5.41) is 0. The molecule has 8 heavy (non-hydrogen) atoms. The van der Waals surface area contributed by atoms with Crippen molar-refractivity contribution in [2.75, 3.05) is 13.1 Å². The van der Waals surface area contributed by atoms with Crippen molar-refractivity contribution in [2.45, 2.75) is 0 Å². The maximum absolute atomic E-state index is 3.88. The van der Waals surface area contributed by atoms with Crippen LogP contribution in [-0.2, 0) is 0 Å². The zero-order valence-corrected chi connectivity index (χ0v) is 4.67. The minimum Gasteiger partial charge on any atom is -0.345 e. The Labute approximate surface area is 48.8 Å². The zero-order chi connectivity index (χ0) is 5.82. The predicted octanol–water partition coefficient (Wildman–Crippen LogP) is 0.629. The standard InChI is InChI=1S/C6H8N2/c1-2-8-5-3-7-4-6-8/h2,6H,1,3,5H2.